The number of anilines is 1. The van der Waals surface area contributed by atoms with Crippen LogP contribution in [0.3, 0.4) is 0 Å². The molecule has 11 nitrogen and oxygen atoms in total. The minimum atomic E-state index is -4.03. The fourth-order valence-corrected chi connectivity index (χ4v) is 5.56. The standard InChI is InChI=1S/C29H29N3O8S/c1-16(2)26(29(35)36)32-41(37,38)21-13-9-19(10-14-21)18-7-11-20(12-8-18)31-28(34)27-17(3)25-22(39-15-24(30)33)5-4-6-23(25)40-27/h4-14,16,26,32H,15H2,1-3H3,(H2,30,33)(H,31,34)(H,35,36)/t26-/m0/s1. The van der Waals surface area contributed by atoms with Crippen molar-refractivity contribution in [3.8, 4) is 16.9 Å². The lowest BCUT2D eigenvalue weighted by Crippen LogP contribution is -2.44. The van der Waals surface area contributed by atoms with Crippen molar-refractivity contribution in [3.05, 3.63) is 78.1 Å². The van der Waals surface area contributed by atoms with E-state index in [1.165, 1.54) is 12.1 Å². The van der Waals surface area contributed by atoms with Gasteiger partial charge in [-0.15, -0.1) is 0 Å². The molecule has 0 unspecified atom stereocenters. The van der Waals surface area contributed by atoms with Crippen LogP contribution in [-0.4, -0.2) is 44.0 Å². The van der Waals surface area contributed by atoms with E-state index in [0.29, 0.717) is 28.0 Å². The Balaban J connectivity index is 1.48. The minimum Gasteiger partial charge on any atom is -0.483 e. The number of hydrogen-bond donors (Lipinski definition) is 4. The summed E-state index contributed by atoms with van der Waals surface area (Å²) in [7, 11) is -4.03. The molecule has 0 aliphatic rings. The Kier molecular flexibility index (Phi) is 8.45. The second-order valence-corrected chi connectivity index (χ2v) is 11.4. The highest BCUT2D eigenvalue weighted by Gasteiger charge is 2.28. The van der Waals surface area contributed by atoms with Gasteiger partial charge in [0.1, 0.15) is 17.4 Å². The van der Waals surface area contributed by atoms with Crippen LogP contribution in [0.2, 0.25) is 0 Å². The van der Waals surface area contributed by atoms with Crippen LogP contribution in [0.1, 0.15) is 30.0 Å². The summed E-state index contributed by atoms with van der Waals surface area (Å²) in [5.41, 5.74) is 8.12. The van der Waals surface area contributed by atoms with Crippen molar-refractivity contribution in [2.45, 2.75) is 31.7 Å². The largest absolute Gasteiger partial charge is 0.483 e. The first-order valence-electron chi connectivity index (χ1n) is 12.6. The fourth-order valence-electron chi connectivity index (χ4n) is 4.22. The van der Waals surface area contributed by atoms with Crippen molar-refractivity contribution < 1.29 is 37.1 Å². The Hall–Kier alpha value is -4.68. The van der Waals surface area contributed by atoms with Crippen LogP contribution in [0.4, 0.5) is 5.69 Å². The molecule has 0 spiro atoms. The van der Waals surface area contributed by atoms with E-state index in [1.807, 2.05) is 0 Å². The molecule has 0 aliphatic heterocycles. The Morgan fingerprint density at radius 1 is 0.976 bits per heavy atom. The van der Waals surface area contributed by atoms with Gasteiger partial charge in [-0.3, -0.25) is 14.4 Å². The van der Waals surface area contributed by atoms with Crippen molar-refractivity contribution in [3.63, 3.8) is 0 Å². The Morgan fingerprint density at radius 3 is 2.15 bits per heavy atom. The number of aryl methyl sites for hydroxylation is 1. The van der Waals surface area contributed by atoms with Crippen molar-refractivity contribution >= 4 is 44.5 Å². The number of ether oxygens (including phenoxy) is 1. The number of carboxylic acid groups (broad SMARTS) is 1. The number of amides is 2. The maximum Gasteiger partial charge on any atom is 0.322 e. The number of aliphatic carboxylic acids is 1. The monoisotopic (exact) mass is 579 g/mol. The number of benzene rings is 3. The summed E-state index contributed by atoms with van der Waals surface area (Å²) >= 11 is 0. The third kappa shape index (κ3) is 6.56. The maximum atomic E-state index is 13.0. The highest BCUT2D eigenvalue weighted by atomic mass is 32.2. The van der Waals surface area contributed by atoms with E-state index < -0.39 is 39.8 Å². The SMILES string of the molecule is Cc1c(C(=O)Nc2ccc(-c3ccc(S(=O)(=O)N[C@H](C(=O)O)C(C)C)cc3)cc2)oc2cccc(OCC(N)=O)c12. The molecule has 41 heavy (non-hydrogen) atoms. The average Bonchev–Trinajstić information content (AvgIpc) is 3.28. The predicted molar refractivity (Wildman–Crippen MR) is 152 cm³/mol. The van der Waals surface area contributed by atoms with E-state index in [9.17, 15) is 27.9 Å². The Morgan fingerprint density at radius 2 is 1.59 bits per heavy atom. The number of carboxylic acids is 1. The number of hydrogen-bond acceptors (Lipinski definition) is 7. The van der Waals surface area contributed by atoms with Crippen molar-refractivity contribution in [1.82, 2.24) is 4.72 Å². The smallest absolute Gasteiger partial charge is 0.322 e. The van der Waals surface area contributed by atoms with Crippen LogP contribution in [0.15, 0.2) is 76.0 Å². The fraction of sp³-hybridized carbons (Fsp3) is 0.207. The summed E-state index contributed by atoms with van der Waals surface area (Å²) in [6.07, 6.45) is 0. The quantitative estimate of drug-likeness (QED) is 0.207. The van der Waals surface area contributed by atoms with Gasteiger partial charge < -0.3 is 25.3 Å². The minimum absolute atomic E-state index is 0.0542. The second-order valence-electron chi connectivity index (χ2n) is 9.68. The van der Waals surface area contributed by atoms with Crippen LogP contribution >= 0.6 is 0 Å². The van der Waals surface area contributed by atoms with E-state index in [1.54, 1.807) is 75.4 Å². The lowest BCUT2D eigenvalue weighted by atomic mass is 10.1. The van der Waals surface area contributed by atoms with Crippen LogP contribution < -0.4 is 20.5 Å². The van der Waals surface area contributed by atoms with E-state index in [2.05, 4.69) is 10.0 Å². The number of rotatable bonds is 11. The first-order chi connectivity index (χ1) is 19.4. The van der Waals surface area contributed by atoms with Gasteiger partial charge in [-0.25, -0.2) is 8.42 Å². The number of carbonyl (C=O) groups excluding carboxylic acids is 2. The highest BCUT2D eigenvalue weighted by Crippen LogP contribution is 2.33. The molecule has 0 radical (unpaired) electrons. The third-order valence-corrected chi connectivity index (χ3v) is 7.80. The van der Waals surface area contributed by atoms with Gasteiger partial charge in [0.2, 0.25) is 10.0 Å². The van der Waals surface area contributed by atoms with E-state index >= 15 is 0 Å². The summed E-state index contributed by atoms with van der Waals surface area (Å²) in [6.45, 7) is 4.64. The summed E-state index contributed by atoms with van der Waals surface area (Å²) in [4.78, 5) is 35.5. The summed E-state index contributed by atoms with van der Waals surface area (Å²) in [5, 5.41) is 12.7. The van der Waals surface area contributed by atoms with Crippen molar-refractivity contribution in [2.75, 3.05) is 11.9 Å². The number of fused-ring (bicyclic) bond motifs is 1. The Bertz CT molecular complexity index is 1710. The molecular weight excluding hydrogens is 550 g/mol. The average molecular weight is 580 g/mol. The van der Waals surface area contributed by atoms with Gasteiger partial charge in [-0.05, 0) is 60.4 Å². The predicted octanol–water partition coefficient (Wildman–Crippen LogP) is 3.91. The highest BCUT2D eigenvalue weighted by molar-refractivity contribution is 7.89. The van der Waals surface area contributed by atoms with Crippen LogP contribution in [0.5, 0.6) is 5.75 Å². The lowest BCUT2D eigenvalue weighted by Gasteiger charge is -2.18. The van der Waals surface area contributed by atoms with Gasteiger partial charge in [0.25, 0.3) is 11.8 Å². The van der Waals surface area contributed by atoms with Crippen LogP contribution in [-0.2, 0) is 19.6 Å². The van der Waals surface area contributed by atoms with Crippen LogP contribution in [0, 0.1) is 12.8 Å². The molecule has 4 rings (SSSR count). The van der Waals surface area contributed by atoms with Crippen molar-refractivity contribution in [1.29, 1.82) is 0 Å². The lowest BCUT2D eigenvalue weighted by molar-refractivity contribution is -0.140. The number of primary amides is 1. The van der Waals surface area contributed by atoms with E-state index in [0.717, 1.165) is 11.1 Å². The molecule has 1 atom stereocenters. The number of furan rings is 1. The number of nitrogens with two attached hydrogens (primary N) is 1. The third-order valence-electron chi connectivity index (χ3n) is 6.35. The zero-order valence-electron chi connectivity index (χ0n) is 22.5. The molecule has 0 saturated heterocycles. The summed E-state index contributed by atoms with van der Waals surface area (Å²) < 4.78 is 38.8. The molecule has 0 aliphatic carbocycles. The van der Waals surface area contributed by atoms with E-state index in [-0.39, 0.29) is 17.3 Å². The topological polar surface area (TPSA) is 178 Å². The number of sulfonamides is 1. The Labute approximate surface area is 236 Å². The van der Waals surface area contributed by atoms with Crippen LogP contribution in [0.25, 0.3) is 22.1 Å². The zero-order chi connectivity index (χ0) is 29.9. The van der Waals surface area contributed by atoms with Gasteiger partial charge in [0.15, 0.2) is 12.4 Å². The van der Waals surface area contributed by atoms with Gasteiger partial charge in [-0.1, -0.05) is 44.2 Å². The van der Waals surface area contributed by atoms with Gasteiger partial charge >= 0.3 is 5.97 Å². The second kappa shape index (κ2) is 11.8. The molecule has 0 fully saturated rings. The maximum absolute atomic E-state index is 13.0. The number of nitrogens with one attached hydrogen (secondary N) is 2. The normalized spacial score (nSPS) is 12.3. The molecule has 3 aromatic carbocycles. The van der Waals surface area contributed by atoms with Gasteiger partial charge in [-0.2, -0.15) is 4.72 Å². The van der Waals surface area contributed by atoms with Gasteiger partial charge in [0.05, 0.1) is 10.3 Å². The molecule has 0 bridgehead atoms. The molecule has 12 heteroatoms. The van der Waals surface area contributed by atoms with Crippen molar-refractivity contribution in [2.24, 2.45) is 11.7 Å². The van der Waals surface area contributed by atoms with Gasteiger partial charge in [0, 0.05) is 11.3 Å². The molecule has 214 valence electrons. The zero-order valence-corrected chi connectivity index (χ0v) is 23.3. The summed E-state index contributed by atoms with van der Waals surface area (Å²) in [5.74, 6) is -2.32. The first kappa shape index (κ1) is 29.3. The molecule has 1 heterocycles. The molecular formula is C29H29N3O8S. The molecule has 5 N–H and O–H groups in total. The molecule has 2 amide bonds. The molecule has 4 aromatic rings. The first-order valence-corrected chi connectivity index (χ1v) is 14.1. The van der Waals surface area contributed by atoms with E-state index in [4.69, 9.17) is 14.9 Å². The molecule has 1 aromatic heterocycles. The molecule has 0 saturated carbocycles. The summed E-state index contributed by atoms with van der Waals surface area (Å²) in [6, 6.07) is 16.7. The number of carbonyl (C=O) groups is 3.